The van der Waals surface area contributed by atoms with Gasteiger partial charge < -0.3 is 5.73 Å². The molecule has 0 saturated heterocycles. The number of hydrogen-bond acceptors (Lipinski definition) is 4. The van der Waals surface area contributed by atoms with Crippen LogP contribution in [0.1, 0.15) is 0 Å². The van der Waals surface area contributed by atoms with E-state index in [1.54, 1.807) is 23.5 Å². The van der Waals surface area contributed by atoms with Crippen molar-refractivity contribution in [1.29, 1.82) is 0 Å². The summed E-state index contributed by atoms with van der Waals surface area (Å²) in [5.74, 6) is 0.525. The van der Waals surface area contributed by atoms with Gasteiger partial charge in [-0.25, -0.2) is 0 Å². The summed E-state index contributed by atoms with van der Waals surface area (Å²) in [4.78, 5) is 2.54. The first-order chi connectivity index (χ1) is 7.76. The van der Waals surface area contributed by atoms with Crippen molar-refractivity contribution >= 4 is 29.3 Å². The Labute approximate surface area is 103 Å². The van der Waals surface area contributed by atoms with E-state index in [-0.39, 0.29) is 0 Å². The summed E-state index contributed by atoms with van der Waals surface area (Å²) < 4.78 is 0. The van der Waals surface area contributed by atoms with Gasteiger partial charge in [-0.3, -0.25) is 5.10 Å². The smallest absolute Gasteiger partial charge is 0.145 e. The minimum absolute atomic E-state index is 0.525. The summed E-state index contributed by atoms with van der Waals surface area (Å²) in [7, 11) is 0. The molecule has 0 spiro atoms. The maximum Gasteiger partial charge on any atom is 0.145 e. The molecule has 1 aromatic carbocycles. The van der Waals surface area contributed by atoms with Gasteiger partial charge >= 0.3 is 0 Å². The summed E-state index contributed by atoms with van der Waals surface area (Å²) in [6.45, 7) is 0. The number of nitrogens with zero attached hydrogens (tertiary/aromatic N) is 1. The molecule has 16 heavy (non-hydrogen) atoms. The maximum absolute atomic E-state index is 5.62. The van der Waals surface area contributed by atoms with Crippen LogP contribution in [-0.4, -0.2) is 22.7 Å². The molecule has 0 bridgehead atoms. The second-order valence-electron chi connectivity index (χ2n) is 3.25. The Morgan fingerprint density at radius 1 is 1.25 bits per heavy atom. The molecular weight excluding hydrogens is 238 g/mol. The lowest BCUT2D eigenvalue weighted by Gasteiger charge is -2.09. The molecule has 5 heteroatoms. The number of rotatable bonds is 3. The van der Waals surface area contributed by atoms with Gasteiger partial charge in [-0.2, -0.15) is 5.10 Å². The lowest BCUT2D eigenvalue weighted by Crippen LogP contribution is -1.85. The first-order valence-corrected chi connectivity index (χ1v) is 7.23. The molecule has 1 aromatic heterocycles. The summed E-state index contributed by atoms with van der Waals surface area (Å²) in [5, 5.41) is 6.91. The van der Waals surface area contributed by atoms with Crippen LogP contribution in [0, 0.1) is 0 Å². The third-order valence-corrected chi connectivity index (χ3v) is 4.05. The predicted octanol–water partition coefficient (Wildman–Crippen LogP) is 3.10. The van der Waals surface area contributed by atoms with E-state index in [1.807, 2.05) is 6.07 Å². The molecule has 0 aliphatic carbocycles. The van der Waals surface area contributed by atoms with E-state index in [0.29, 0.717) is 5.82 Å². The van der Waals surface area contributed by atoms with E-state index in [9.17, 15) is 0 Å². The number of benzene rings is 1. The molecule has 0 saturated carbocycles. The molecule has 0 atom stereocenters. The Bertz CT molecular complexity index is 494. The highest BCUT2D eigenvalue weighted by Gasteiger charge is 2.10. The van der Waals surface area contributed by atoms with Crippen LogP contribution in [0.25, 0.3) is 11.3 Å². The number of H-pyrrole nitrogens is 1. The standard InChI is InChI=1S/C11H13N3S2/c1-15-9-5-3-4-7(11(9)16-2)8-6-10(12)14-13-8/h3-6H,1-2H3,(H3,12,13,14). The molecule has 2 aromatic rings. The van der Waals surface area contributed by atoms with Crippen molar-refractivity contribution in [3.05, 3.63) is 24.3 Å². The predicted molar refractivity (Wildman–Crippen MR) is 72.0 cm³/mol. The van der Waals surface area contributed by atoms with E-state index in [4.69, 9.17) is 5.73 Å². The van der Waals surface area contributed by atoms with E-state index in [0.717, 1.165) is 11.3 Å². The summed E-state index contributed by atoms with van der Waals surface area (Å²) in [6, 6.07) is 8.12. The van der Waals surface area contributed by atoms with E-state index < -0.39 is 0 Å². The van der Waals surface area contributed by atoms with Gasteiger partial charge in [0.15, 0.2) is 0 Å². The molecule has 0 unspecified atom stereocenters. The Kier molecular flexibility index (Phi) is 3.46. The topological polar surface area (TPSA) is 54.7 Å². The quantitative estimate of drug-likeness (QED) is 0.823. The number of nitrogens with two attached hydrogens (primary N) is 1. The van der Waals surface area contributed by atoms with Crippen LogP contribution in [0.4, 0.5) is 5.82 Å². The second-order valence-corrected chi connectivity index (χ2v) is 4.91. The first kappa shape index (κ1) is 11.4. The molecule has 0 radical (unpaired) electrons. The Morgan fingerprint density at radius 3 is 2.62 bits per heavy atom. The average molecular weight is 251 g/mol. The first-order valence-electron chi connectivity index (χ1n) is 4.78. The maximum atomic E-state index is 5.62. The lowest BCUT2D eigenvalue weighted by molar-refractivity contribution is 1.09. The third kappa shape index (κ3) is 2.05. The van der Waals surface area contributed by atoms with Crippen LogP contribution in [0.15, 0.2) is 34.1 Å². The van der Waals surface area contributed by atoms with Gasteiger partial charge in [-0.05, 0) is 18.6 Å². The summed E-state index contributed by atoms with van der Waals surface area (Å²) >= 11 is 3.49. The molecule has 0 amide bonds. The Morgan fingerprint density at radius 2 is 2.06 bits per heavy atom. The zero-order valence-corrected chi connectivity index (χ0v) is 10.8. The summed E-state index contributed by atoms with van der Waals surface area (Å²) in [5.41, 5.74) is 7.75. The molecule has 3 N–H and O–H groups in total. The third-order valence-electron chi connectivity index (χ3n) is 2.29. The molecule has 1 heterocycles. The van der Waals surface area contributed by atoms with Crippen LogP contribution in [0.3, 0.4) is 0 Å². The fourth-order valence-corrected chi connectivity index (χ4v) is 3.25. The van der Waals surface area contributed by atoms with Crippen LogP contribution < -0.4 is 5.73 Å². The zero-order chi connectivity index (χ0) is 11.5. The van der Waals surface area contributed by atoms with Gasteiger partial charge in [0.25, 0.3) is 0 Å². The van der Waals surface area contributed by atoms with Gasteiger partial charge in [0.05, 0.1) is 5.69 Å². The molecule has 0 aliphatic rings. The number of thioether (sulfide) groups is 2. The molecule has 2 rings (SSSR count). The van der Waals surface area contributed by atoms with Gasteiger partial charge in [-0.1, -0.05) is 12.1 Å². The Hall–Kier alpha value is -1.07. The minimum atomic E-state index is 0.525. The van der Waals surface area contributed by atoms with Crippen molar-refractivity contribution in [2.24, 2.45) is 0 Å². The zero-order valence-electron chi connectivity index (χ0n) is 9.15. The van der Waals surface area contributed by atoms with Crippen LogP contribution in [0.5, 0.6) is 0 Å². The number of anilines is 1. The normalized spacial score (nSPS) is 10.6. The van der Waals surface area contributed by atoms with Crippen LogP contribution in [0.2, 0.25) is 0 Å². The minimum Gasteiger partial charge on any atom is -0.382 e. The number of nitrogen functional groups attached to an aromatic ring is 1. The molecule has 0 aliphatic heterocycles. The van der Waals surface area contributed by atoms with Crippen LogP contribution >= 0.6 is 23.5 Å². The number of aromatic nitrogens is 2. The van der Waals surface area contributed by atoms with E-state index in [2.05, 4.69) is 40.9 Å². The highest BCUT2D eigenvalue weighted by atomic mass is 32.2. The molecular formula is C11H13N3S2. The van der Waals surface area contributed by atoms with Crippen molar-refractivity contribution in [3.63, 3.8) is 0 Å². The molecule has 0 fully saturated rings. The monoisotopic (exact) mass is 251 g/mol. The average Bonchev–Trinajstić information content (AvgIpc) is 2.74. The largest absolute Gasteiger partial charge is 0.382 e. The fourth-order valence-electron chi connectivity index (χ4n) is 1.57. The van der Waals surface area contributed by atoms with Crippen LogP contribution in [-0.2, 0) is 0 Å². The Balaban J connectivity index is 2.56. The van der Waals surface area contributed by atoms with Crippen molar-refractivity contribution in [1.82, 2.24) is 10.2 Å². The SMILES string of the molecule is CSc1cccc(-c2cc(N)n[nH]2)c1SC. The van der Waals surface area contributed by atoms with Crippen molar-refractivity contribution < 1.29 is 0 Å². The van der Waals surface area contributed by atoms with E-state index in [1.165, 1.54) is 9.79 Å². The van der Waals surface area contributed by atoms with Gasteiger partial charge in [0.2, 0.25) is 0 Å². The van der Waals surface area contributed by atoms with Crippen molar-refractivity contribution in [3.8, 4) is 11.3 Å². The molecule has 3 nitrogen and oxygen atoms in total. The molecule has 84 valence electrons. The lowest BCUT2D eigenvalue weighted by atomic mass is 10.1. The number of hydrogen-bond donors (Lipinski definition) is 2. The van der Waals surface area contributed by atoms with Gasteiger partial charge in [-0.15, -0.1) is 23.5 Å². The summed E-state index contributed by atoms with van der Waals surface area (Å²) in [6.07, 6.45) is 4.17. The van der Waals surface area contributed by atoms with E-state index >= 15 is 0 Å². The van der Waals surface area contributed by atoms with Crippen molar-refractivity contribution in [2.75, 3.05) is 18.2 Å². The van der Waals surface area contributed by atoms with Gasteiger partial charge in [0.1, 0.15) is 5.82 Å². The van der Waals surface area contributed by atoms with Crippen molar-refractivity contribution in [2.45, 2.75) is 9.79 Å². The fraction of sp³-hybridized carbons (Fsp3) is 0.182. The van der Waals surface area contributed by atoms with Gasteiger partial charge in [0, 0.05) is 21.4 Å². The number of aromatic amines is 1. The number of nitrogens with one attached hydrogen (secondary N) is 1. The second kappa shape index (κ2) is 4.84. The highest BCUT2D eigenvalue weighted by molar-refractivity contribution is 8.01. The highest BCUT2D eigenvalue weighted by Crippen LogP contribution is 2.36.